The van der Waals surface area contributed by atoms with Crippen LogP contribution in [0.2, 0.25) is 0 Å². The molecule has 1 rings (SSSR count). The molecule has 0 aromatic carbocycles. The lowest BCUT2D eigenvalue weighted by Gasteiger charge is -2.26. The summed E-state index contributed by atoms with van der Waals surface area (Å²) in [6.07, 6.45) is 12.9. The Morgan fingerprint density at radius 2 is 1.83 bits per heavy atom. The van der Waals surface area contributed by atoms with E-state index in [0.717, 1.165) is 17.8 Å². The van der Waals surface area contributed by atoms with Crippen molar-refractivity contribution in [2.24, 2.45) is 17.8 Å². The van der Waals surface area contributed by atoms with Gasteiger partial charge in [0.2, 0.25) is 0 Å². The molecule has 1 aliphatic rings. The minimum absolute atomic E-state index is 0.886. The van der Waals surface area contributed by atoms with Gasteiger partial charge >= 0.3 is 0 Å². The van der Waals surface area contributed by atoms with Crippen LogP contribution in [0.1, 0.15) is 78.6 Å². The van der Waals surface area contributed by atoms with E-state index in [1.54, 1.807) is 0 Å². The Hall–Kier alpha value is -0.0400. The fourth-order valence-electron chi connectivity index (χ4n) is 3.21. The summed E-state index contributed by atoms with van der Waals surface area (Å²) >= 11 is 0. The van der Waals surface area contributed by atoms with Crippen LogP contribution in [0.4, 0.5) is 0 Å². The molecular weight excluding hydrogens is 218 g/mol. The van der Waals surface area contributed by atoms with Gasteiger partial charge in [-0.2, -0.15) is 0 Å². The van der Waals surface area contributed by atoms with Crippen molar-refractivity contribution in [1.29, 1.82) is 0 Å². The predicted octanol–water partition coefficient (Wildman–Crippen LogP) is 5.01. The lowest BCUT2D eigenvalue weighted by molar-refractivity contribution is 0.274. The summed E-state index contributed by atoms with van der Waals surface area (Å²) in [5, 5.41) is 3.68. The Labute approximate surface area is 115 Å². The number of nitrogens with one attached hydrogen (secondary N) is 1. The van der Waals surface area contributed by atoms with E-state index in [4.69, 9.17) is 0 Å². The fourth-order valence-corrected chi connectivity index (χ4v) is 3.21. The topological polar surface area (TPSA) is 12.0 Å². The molecule has 1 N–H and O–H groups in total. The van der Waals surface area contributed by atoms with E-state index in [0.29, 0.717) is 0 Å². The molecule has 108 valence electrons. The fraction of sp³-hybridized carbons (Fsp3) is 1.00. The summed E-state index contributed by atoms with van der Waals surface area (Å²) in [6, 6.07) is 0. The molecule has 2 atom stereocenters. The van der Waals surface area contributed by atoms with Gasteiger partial charge in [-0.25, -0.2) is 0 Å². The second kappa shape index (κ2) is 9.83. The van der Waals surface area contributed by atoms with Crippen LogP contribution < -0.4 is 5.32 Å². The molecule has 18 heavy (non-hydrogen) atoms. The summed E-state index contributed by atoms with van der Waals surface area (Å²) in [6.45, 7) is 9.59. The zero-order valence-corrected chi connectivity index (χ0v) is 13.0. The lowest BCUT2D eigenvalue weighted by atomic mass is 9.82. The highest BCUT2D eigenvalue weighted by Gasteiger charge is 2.17. The van der Waals surface area contributed by atoms with Crippen molar-refractivity contribution >= 4 is 0 Å². The minimum Gasteiger partial charge on any atom is -0.316 e. The number of rotatable bonds is 9. The van der Waals surface area contributed by atoms with E-state index in [1.807, 2.05) is 0 Å². The largest absolute Gasteiger partial charge is 0.316 e. The Morgan fingerprint density at radius 1 is 1.06 bits per heavy atom. The Bertz CT molecular complexity index is 188. The van der Waals surface area contributed by atoms with Crippen molar-refractivity contribution < 1.29 is 0 Å². The quantitative estimate of drug-likeness (QED) is 0.570. The first-order chi connectivity index (χ1) is 8.68. The highest BCUT2D eigenvalue weighted by molar-refractivity contribution is 4.72. The van der Waals surface area contributed by atoms with Crippen LogP contribution in [-0.4, -0.2) is 13.1 Å². The van der Waals surface area contributed by atoms with Crippen LogP contribution >= 0.6 is 0 Å². The average molecular weight is 253 g/mol. The van der Waals surface area contributed by atoms with Crippen molar-refractivity contribution in [3.05, 3.63) is 0 Å². The third-order valence-corrected chi connectivity index (χ3v) is 4.36. The maximum atomic E-state index is 3.68. The molecule has 0 saturated heterocycles. The molecule has 0 aromatic rings. The van der Waals surface area contributed by atoms with Gasteiger partial charge in [-0.15, -0.1) is 0 Å². The third-order valence-electron chi connectivity index (χ3n) is 4.36. The molecule has 0 heterocycles. The van der Waals surface area contributed by atoms with Gasteiger partial charge in [-0.05, 0) is 50.1 Å². The van der Waals surface area contributed by atoms with Gasteiger partial charge < -0.3 is 5.32 Å². The summed E-state index contributed by atoms with van der Waals surface area (Å²) < 4.78 is 0. The van der Waals surface area contributed by atoms with Crippen molar-refractivity contribution in [2.45, 2.75) is 78.6 Å². The molecule has 0 aliphatic heterocycles. The van der Waals surface area contributed by atoms with Crippen molar-refractivity contribution in [1.82, 2.24) is 5.32 Å². The SMILES string of the molecule is CC(C)CCCCCCNCC1CCCC(C)C1. The normalized spacial score (nSPS) is 24.7. The van der Waals surface area contributed by atoms with Crippen molar-refractivity contribution in [2.75, 3.05) is 13.1 Å². The third kappa shape index (κ3) is 8.13. The van der Waals surface area contributed by atoms with E-state index in [1.165, 1.54) is 70.9 Å². The number of hydrogen-bond donors (Lipinski definition) is 1. The van der Waals surface area contributed by atoms with E-state index in [2.05, 4.69) is 26.1 Å². The zero-order chi connectivity index (χ0) is 13.2. The van der Waals surface area contributed by atoms with E-state index in [9.17, 15) is 0 Å². The summed E-state index contributed by atoms with van der Waals surface area (Å²) in [4.78, 5) is 0. The summed E-state index contributed by atoms with van der Waals surface area (Å²) in [5.74, 6) is 2.83. The second-order valence-corrected chi connectivity index (χ2v) is 6.94. The molecular formula is C17H35N. The molecule has 1 saturated carbocycles. The molecule has 1 aliphatic carbocycles. The van der Waals surface area contributed by atoms with Gasteiger partial charge in [0.1, 0.15) is 0 Å². The number of unbranched alkanes of at least 4 members (excludes halogenated alkanes) is 3. The van der Waals surface area contributed by atoms with Gasteiger partial charge in [0, 0.05) is 0 Å². The second-order valence-electron chi connectivity index (χ2n) is 6.94. The first kappa shape index (κ1) is 16.0. The zero-order valence-electron chi connectivity index (χ0n) is 13.0. The van der Waals surface area contributed by atoms with Crippen molar-refractivity contribution in [3.63, 3.8) is 0 Å². The van der Waals surface area contributed by atoms with Gasteiger partial charge in [0.15, 0.2) is 0 Å². The molecule has 0 aromatic heterocycles. The van der Waals surface area contributed by atoms with Crippen LogP contribution in [0.5, 0.6) is 0 Å². The Morgan fingerprint density at radius 3 is 2.56 bits per heavy atom. The maximum absolute atomic E-state index is 3.68. The Balaban J connectivity index is 1.83. The standard InChI is InChI=1S/C17H35N/c1-15(2)9-6-4-5-7-12-18-14-17-11-8-10-16(3)13-17/h15-18H,4-14H2,1-3H3. The van der Waals surface area contributed by atoms with Crippen LogP contribution in [0.25, 0.3) is 0 Å². The Kier molecular flexibility index (Phi) is 8.75. The maximum Gasteiger partial charge on any atom is -0.00204 e. The highest BCUT2D eigenvalue weighted by atomic mass is 14.9. The summed E-state index contributed by atoms with van der Waals surface area (Å²) in [7, 11) is 0. The molecule has 0 bridgehead atoms. The van der Waals surface area contributed by atoms with E-state index < -0.39 is 0 Å². The van der Waals surface area contributed by atoms with Gasteiger partial charge in [0.25, 0.3) is 0 Å². The molecule has 1 fully saturated rings. The van der Waals surface area contributed by atoms with Gasteiger partial charge in [-0.3, -0.25) is 0 Å². The number of hydrogen-bond acceptors (Lipinski definition) is 1. The van der Waals surface area contributed by atoms with E-state index >= 15 is 0 Å². The molecule has 0 amide bonds. The minimum atomic E-state index is 0.886. The van der Waals surface area contributed by atoms with Crippen LogP contribution in [0.3, 0.4) is 0 Å². The van der Waals surface area contributed by atoms with E-state index in [-0.39, 0.29) is 0 Å². The lowest BCUT2D eigenvalue weighted by Crippen LogP contribution is -2.27. The van der Waals surface area contributed by atoms with Crippen LogP contribution in [0, 0.1) is 17.8 Å². The summed E-state index contributed by atoms with van der Waals surface area (Å²) in [5.41, 5.74) is 0. The van der Waals surface area contributed by atoms with Gasteiger partial charge in [-0.1, -0.05) is 59.3 Å². The van der Waals surface area contributed by atoms with Gasteiger partial charge in [0.05, 0.1) is 0 Å². The molecule has 1 nitrogen and oxygen atoms in total. The molecule has 1 heteroatoms. The first-order valence-corrected chi connectivity index (χ1v) is 8.39. The smallest absolute Gasteiger partial charge is 0.00204 e. The first-order valence-electron chi connectivity index (χ1n) is 8.39. The van der Waals surface area contributed by atoms with Crippen LogP contribution in [0.15, 0.2) is 0 Å². The molecule has 0 spiro atoms. The molecule has 0 radical (unpaired) electrons. The van der Waals surface area contributed by atoms with Crippen molar-refractivity contribution in [3.8, 4) is 0 Å². The average Bonchev–Trinajstić information content (AvgIpc) is 2.32. The molecule has 2 unspecified atom stereocenters. The van der Waals surface area contributed by atoms with Crippen LogP contribution in [-0.2, 0) is 0 Å². The predicted molar refractivity (Wildman–Crippen MR) is 81.9 cm³/mol. The highest BCUT2D eigenvalue weighted by Crippen LogP contribution is 2.27. The monoisotopic (exact) mass is 253 g/mol.